The number of nitrogens with zero attached hydrogens (tertiary/aromatic N) is 2. The maximum atomic E-state index is 12.4. The minimum absolute atomic E-state index is 0.311. The number of hydrogen-bond acceptors (Lipinski definition) is 3. The molecule has 0 aliphatic carbocycles. The third kappa shape index (κ3) is 2.33. The van der Waals surface area contributed by atoms with Gasteiger partial charge in [-0.15, -0.1) is 0 Å². The number of para-hydroxylation sites is 2. The zero-order valence-electron chi connectivity index (χ0n) is 13.3. The molecule has 0 saturated heterocycles. The Hall–Kier alpha value is -3.14. The van der Waals surface area contributed by atoms with Crippen LogP contribution in [0.4, 0.5) is 0 Å². The molecule has 0 N–H and O–H groups in total. The van der Waals surface area contributed by atoms with Gasteiger partial charge in [-0.2, -0.15) is 0 Å². The molecule has 0 radical (unpaired) electrons. The molecule has 118 valence electrons. The van der Waals surface area contributed by atoms with E-state index in [-0.39, 0.29) is 0 Å². The summed E-state index contributed by atoms with van der Waals surface area (Å²) in [5.41, 5.74) is 2.48. The normalized spacial score (nSPS) is 11.0. The van der Waals surface area contributed by atoms with Crippen molar-refractivity contribution in [1.82, 2.24) is 9.55 Å². The fourth-order valence-electron chi connectivity index (χ4n) is 3.05. The van der Waals surface area contributed by atoms with Crippen LogP contribution >= 0.6 is 0 Å². The first-order valence-corrected chi connectivity index (χ1v) is 7.92. The maximum absolute atomic E-state index is 12.4. The highest BCUT2D eigenvalue weighted by atomic mass is 16.5. The Morgan fingerprint density at radius 3 is 2.54 bits per heavy atom. The Morgan fingerprint density at radius 2 is 1.75 bits per heavy atom. The Bertz CT molecular complexity index is 1040. The zero-order valence-corrected chi connectivity index (χ0v) is 13.3. The Kier molecular flexibility index (Phi) is 3.50. The second kappa shape index (κ2) is 5.81. The lowest BCUT2D eigenvalue weighted by molar-refractivity contribution is 0.0729. The second-order valence-electron chi connectivity index (χ2n) is 5.55. The van der Waals surface area contributed by atoms with Gasteiger partial charge in [0.25, 0.3) is 0 Å². The summed E-state index contributed by atoms with van der Waals surface area (Å²) in [6, 6.07) is 19.0. The molecule has 0 aliphatic rings. The lowest BCUT2D eigenvalue weighted by atomic mass is 10.1. The standard InChI is InChI=1S/C20H16N2O2/c1-2-22-18-11-7-6-10-15(18)16-12-17(21-13-19(16)22)20(23)24-14-8-4-3-5-9-14/h3-13H,2H2,1H3. The highest BCUT2D eigenvalue weighted by Crippen LogP contribution is 2.29. The summed E-state index contributed by atoms with van der Waals surface area (Å²) in [7, 11) is 0. The van der Waals surface area contributed by atoms with Crippen molar-refractivity contribution in [3.05, 3.63) is 72.6 Å². The van der Waals surface area contributed by atoms with Crippen LogP contribution < -0.4 is 4.74 Å². The Labute approximate surface area is 139 Å². The summed E-state index contributed by atoms with van der Waals surface area (Å²) in [6.45, 7) is 2.95. The molecule has 4 nitrogen and oxygen atoms in total. The summed E-state index contributed by atoms with van der Waals surface area (Å²) in [6.07, 6.45) is 1.75. The molecule has 0 amide bonds. The number of carbonyl (C=O) groups excluding carboxylic acids is 1. The molecule has 0 aliphatic heterocycles. The first kappa shape index (κ1) is 14.5. The first-order valence-electron chi connectivity index (χ1n) is 7.92. The van der Waals surface area contributed by atoms with Gasteiger partial charge >= 0.3 is 5.97 Å². The van der Waals surface area contributed by atoms with E-state index < -0.39 is 5.97 Å². The Balaban J connectivity index is 1.81. The van der Waals surface area contributed by atoms with Crippen LogP contribution in [0.5, 0.6) is 5.75 Å². The van der Waals surface area contributed by atoms with E-state index in [4.69, 9.17) is 4.74 Å². The van der Waals surface area contributed by atoms with Gasteiger partial charge in [-0.05, 0) is 31.2 Å². The van der Waals surface area contributed by atoms with Gasteiger partial charge in [-0.1, -0.05) is 36.4 Å². The lowest BCUT2D eigenvalue weighted by Crippen LogP contribution is -2.10. The maximum Gasteiger partial charge on any atom is 0.362 e. The summed E-state index contributed by atoms with van der Waals surface area (Å²) in [5.74, 6) is 0.0665. The van der Waals surface area contributed by atoms with Gasteiger partial charge in [0, 0.05) is 22.8 Å². The van der Waals surface area contributed by atoms with E-state index in [0.29, 0.717) is 11.4 Å². The van der Waals surface area contributed by atoms with Crippen molar-refractivity contribution in [2.24, 2.45) is 0 Å². The summed E-state index contributed by atoms with van der Waals surface area (Å²) in [4.78, 5) is 16.7. The summed E-state index contributed by atoms with van der Waals surface area (Å²) < 4.78 is 7.58. The number of carbonyl (C=O) groups is 1. The van der Waals surface area contributed by atoms with Crippen molar-refractivity contribution in [1.29, 1.82) is 0 Å². The third-order valence-electron chi connectivity index (χ3n) is 4.14. The fraction of sp³-hybridized carbons (Fsp3) is 0.100. The Morgan fingerprint density at radius 1 is 1.00 bits per heavy atom. The van der Waals surface area contributed by atoms with Crippen molar-refractivity contribution < 1.29 is 9.53 Å². The molecule has 4 aromatic rings. The van der Waals surface area contributed by atoms with E-state index in [0.717, 1.165) is 28.4 Å². The van der Waals surface area contributed by atoms with Gasteiger partial charge in [0.05, 0.1) is 11.7 Å². The lowest BCUT2D eigenvalue weighted by Gasteiger charge is -2.05. The number of aryl methyl sites for hydroxylation is 1. The third-order valence-corrected chi connectivity index (χ3v) is 4.14. The highest BCUT2D eigenvalue weighted by Gasteiger charge is 2.15. The molecule has 0 atom stereocenters. The average Bonchev–Trinajstić information content (AvgIpc) is 2.95. The molecule has 0 bridgehead atoms. The molecule has 0 unspecified atom stereocenters. The fourth-order valence-corrected chi connectivity index (χ4v) is 3.05. The number of rotatable bonds is 3. The summed E-state index contributed by atoms with van der Waals surface area (Å²) >= 11 is 0. The van der Waals surface area contributed by atoms with Crippen molar-refractivity contribution in [3.63, 3.8) is 0 Å². The van der Waals surface area contributed by atoms with Gasteiger partial charge in [0.2, 0.25) is 0 Å². The second-order valence-corrected chi connectivity index (χ2v) is 5.55. The van der Waals surface area contributed by atoms with Crippen molar-refractivity contribution in [3.8, 4) is 5.75 Å². The van der Waals surface area contributed by atoms with Crippen LogP contribution in [0, 0.1) is 0 Å². The number of esters is 1. The number of pyridine rings is 1. The van der Waals surface area contributed by atoms with Crippen LogP contribution in [-0.2, 0) is 6.54 Å². The minimum Gasteiger partial charge on any atom is -0.422 e. The number of aromatic nitrogens is 2. The summed E-state index contributed by atoms with van der Waals surface area (Å²) in [5, 5.41) is 2.13. The van der Waals surface area contributed by atoms with Crippen molar-refractivity contribution in [2.75, 3.05) is 0 Å². The molecule has 2 heterocycles. The molecule has 0 fully saturated rings. The van der Waals surface area contributed by atoms with E-state index in [1.165, 1.54) is 0 Å². The van der Waals surface area contributed by atoms with E-state index in [2.05, 4.69) is 28.6 Å². The van der Waals surface area contributed by atoms with Crippen LogP contribution in [-0.4, -0.2) is 15.5 Å². The molecular formula is C20H16N2O2. The predicted octanol–water partition coefficient (Wildman–Crippen LogP) is 4.43. The van der Waals surface area contributed by atoms with Crippen LogP contribution in [0.2, 0.25) is 0 Å². The van der Waals surface area contributed by atoms with E-state index in [1.54, 1.807) is 18.3 Å². The van der Waals surface area contributed by atoms with Gasteiger partial charge in [-0.3, -0.25) is 0 Å². The molecule has 4 rings (SSSR count). The molecule has 2 aromatic carbocycles. The van der Waals surface area contributed by atoms with Crippen LogP contribution in [0.1, 0.15) is 17.4 Å². The predicted molar refractivity (Wildman–Crippen MR) is 94.3 cm³/mol. The van der Waals surface area contributed by atoms with Crippen molar-refractivity contribution in [2.45, 2.75) is 13.5 Å². The molecule has 2 aromatic heterocycles. The van der Waals surface area contributed by atoms with E-state index in [1.807, 2.05) is 36.4 Å². The minimum atomic E-state index is -0.448. The van der Waals surface area contributed by atoms with E-state index in [9.17, 15) is 4.79 Å². The first-order chi connectivity index (χ1) is 11.8. The van der Waals surface area contributed by atoms with Crippen molar-refractivity contribution >= 4 is 27.8 Å². The van der Waals surface area contributed by atoms with Gasteiger partial charge in [0.15, 0.2) is 0 Å². The SMILES string of the molecule is CCn1c2ccccc2c2cc(C(=O)Oc3ccccc3)ncc21. The molecule has 24 heavy (non-hydrogen) atoms. The number of benzene rings is 2. The average molecular weight is 316 g/mol. The molecular weight excluding hydrogens is 300 g/mol. The largest absolute Gasteiger partial charge is 0.422 e. The van der Waals surface area contributed by atoms with Crippen LogP contribution in [0.3, 0.4) is 0 Å². The van der Waals surface area contributed by atoms with Gasteiger partial charge < -0.3 is 9.30 Å². The van der Waals surface area contributed by atoms with E-state index >= 15 is 0 Å². The molecule has 4 heteroatoms. The molecule has 0 spiro atoms. The number of fused-ring (bicyclic) bond motifs is 3. The monoisotopic (exact) mass is 316 g/mol. The zero-order chi connectivity index (χ0) is 16.5. The molecule has 0 saturated carbocycles. The van der Waals surface area contributed by atoms with Crippen LogP contribution in [0.15, 0.2) is 66.9 Å². The smallest absolute Gasteiger partial charge is 0.362 e. The topological polar surface area (TPSA) is 44.1 Å². The van der Waals surface area contributed by atoms with Gasteiger partial charge in [0.1, 0.15) is 11.4 Å². The quantitative estimate of drug-likeness (QED) is 0.415. The number of ether oxygens (including phenoxy) is 1. The van der Waals surface area contributed by atoms with Crippen LogP contribution in [0.25, 0.3) is 21.8 Å². The van der Waals surface area contributed by atoms with Gasteiger partial charge in [-0.25, -0.2) is 9.78 Å². The highest BCUT2D eigenvalue weighted by molar-refractivity contribution is 6.09. The number of hydrogen-bond donors (Lipinski definition) is 0.